The lowest BCUT2D eigenvalue weighted by molar-refractivity contribution is -0.121. The van der Waals surface area contributed by atoms with Gasteiger partial charge in [0.1, 0.15) is 0 Å². The summed E-state index contributed by atoms with van der Waals surface area (Å²) in [6.07, 6.45) is 5.32. The molecule has 5 heteroatoms. The van der Waals surface area contributed by atoms with Crippen LogP contribution >= 0.6 is 11.3 Å². The van der Waals surface area contributed by atoms with Crippen LogP contribution in [-0.2, 0) is 24.2 Å². The molecule has 0 saturated carbocycles. The maximum Gasteiger partial charge on any atom is 0.220 e. The SMILES string of the molecule is CCc1nc(C)c(CNC(=O)CCCc2c[nH]c3ccccc23)s1. The van der Waals surface area contributed by atoms with Crippen molar-refractivity contribution in [3.05, 3.63) is 51.6 Å². The fraction of sp³-hybridized carbons (Fsp3) is 0.368. The smallest absolute Gasteiger partial charge is 0.220 e. The van der Waals surface area contributed by atoms with Gasteiger partial charge in [-0.05, 0) is 37.8 Å². The van der Waals surface area contributed by atoms with Gasteiger partial charge >= 0.3 is 0 Å². The van der Waals surface area contributed by atoms with Crippen molar-refractivity contribution in [2.75, 3.05) is 0 Å². The average molecular weight is 341 g/mol. The third kappa shape index (κ3) is 3.85. The van der Waals surface area contributed by atoms with Crippen LogP contribution in [0.25, 0.3) is 10.9 Å². The fourth-order valence-electron chi connectivity index (χ4n) is 2.85. The van der Waals surface area contributed by atoms with Crippen molar-refractivity contribution in [2.45, 2.75) is 46.1 Å². The summed E-state index contributed by atoms with van der Waals surface area (Å²) in [5, 5.41) is 5.41. The van der Waals surface area contributed by atoms with Crippen molar-refractivity contribution in [2.24, 2.45) is 0 Å². The van der Waals surface area contributed by atoms with Crippen molar-refractivity contribution >= 4 is 28.1 Å². The van der Waals surface area contributed by atoms with E-state index in [0.29, 0.717) is 13.0 Å². The predicted octanol–water partition coefficient (Wildman–Crippen LogP) is 4.13. The monoisotopic (exact) mass is 341 g/mol. The molecule has 0 radical (unpaired) electrons. The summed E-state index contributed by atoms with van der Waals surface area (Å²) in [6, 6.07) is 8.28. The Balaban J connectivity index is 1.46. The molecule has 0 saturated heterocycles. The number of fused-ring (bicyclic) bond motifs is 1. The van der Waals surface area contributed by atoms with E-state index in [-0.39, 0.29) is 5.91 Å². The van der Waals surface area contributed by atoms with Gasteiger partial charge in [0.2, 0.25) is 5.91 Å². The predicted molar refractivity (Wildman–Crippen MR) is 99.3 cm³/mol. The third-order valence-electron chi connectivity index (χ3n) is 4.21. The zero-order valence-corrected chi connectivity index (χ0v) is 15.0. The first-order valence-corrected chi connectivity index (χ1v) is 9.26. The summed E-state index contributed by atoms with van der Waals surface area (Å²) in [4.78, 5) is 21.0. The molecule has 0 bridgehead atoms. The normalized spacial score (nSPS) is 11.1. The molecule has 0 aliphatic heterocycles. The van der Waals surface area contributed by atoms with E-state index in [1.165, 1.54) is 10.9 Å². The van der Waals surface area contributed by atoms with Gasteiger partial charge in [-0.2, -0.15) is 0 Å². The number of aromatic nitrogens is 2. The minimum Gasteiger partial charge on any atom is -0.361 e. The molecule has 0 atom stereocenters. The molecular formula is C19H23N3OS. The molecule has 126 valence electrons. The molecule has 3 aromatic rings. The Morgan fingerprint density at radius 2 is 2.17 bits per heavy atom. The van der Waals surface area contributed by atoms with E-state index in [9.17, 15) is 4.79 Å². The number of carbonyl (C=O) groups excluding carboxylic acids is 1. The van der Waals surface area contributed by atoms with Crippen molar-refractivity contribution in [3.63, 3.8) is 0 Å². The Morgan fingerprint density at radius 1 is 1.33 bits per heavy atom. The molecule has 0 unspecified atom stereocenters. The Kier molecular flexibility index (Phi) is 5.30. The van der Waals surface area contributed by atoms with Crippen LogP contribution in [-0.4, -0.2) is 15.9 Å². The largest absolute Gasteiger partial charge is 0.361 e. The summed E-state index contributed by atoms with van der Waals surface area (Å²) in [5.74, 6) is 0.112. The number of rotatable bonds is 7. The molecule has 0 fully saturated rings. The quantitative estimate of drug-likeness (QED) is 0.679. The van der Waals surface area contributed by atoms with E-state index in [4.69, 9.17) is 0 Å². The topological polar surface area (TPSA) is 57.8 Å². The number of nitrogens with one attached hydrogen (secondary N) is 2. The molecule has 2 aromatic heterocycles. The second-order valence-electron chi connectivity index (χ2n) is 5.96. The van der Waals surface area contributed by atoms with Crippen LogP contribution in [0.4, 0.5) is 0 Å². The Hall–Kier alpha value is -2.14. The number of amides is 1. The summed E-state index contributed by atoms with van der Waals surface area (Å²) in [6.45, 7) is 4.70. The number of thiazole rings is 1. The second-order valence-corrected chi connectivity index (χ2v) is 7.13. The highest BCUT2D eigenvalue weighted by Crippen LogP contribution is 2.20. The van der Waals surface area contributed by atoms with Crippen molar-refractivity contribution < 1.29 is 4.79 Å². The molecule has 2 N–H and O–H groups in total. The van der Waals surface area contributed by atoms with Crippen LogP contribution in [0, 0.1) is 6.92 Å². The molecule has 1 aromatic carbocycles. The van der Waals surface area contributed by atoms with E-state index in [1.807, 2.05) is 19.1 Å². The molecule has 3 rings (SSSR count). The van der Waals surface area contributed by atoms with E-state index in [1.54, 1.807) is 11.3 Å². The first kappa shape index (κ1) is 16.7. The van der Waals surface area contributed by atoms with Crippen molar-refractivity contribution in [1.82, 2.24) is 15.3 Å². The number of nitrogens with zero attached hydrogens (tertiary/aromatic N) is 1. The standard InChI is InChI=1S/C19H23N3OS/c1-3-19-22-13(2)17(24-19)12-21-18(23)10-6-7-14-11-20-16-9-5-4-8-15(14)16/h4-5,8-9,11,20H,3,6-7,10,12H2,1-2H3,(H,21,23). The maximum absolute atomic E-state index is 12.1. The molecule has 24 heavy (non-hydrogen) atoms. The molecule has 0 aliphatic rings. The van der Waals surface area contributed by atoms with Gasteiger partial charge in [0, 0.05) is 28.4 Å². The number of aryl methyl sites for hydroxylation is 3. The van der Waals surface area contributed by atoms with Gasteiger partial charge in [0.05, 0.1) is 17.2 Å². The maximum atomic E-state index is 12.1. The van der Waals surface area contributed by atoms with E-state index in [2.05, 4.69) is 40.5 Å². The Morgan fingerprint density at radius 3 is 2.96 bits per heavy atom. The summed E-state index contributed by atoms with van der Waals surface area (Å²) in [5.41, 5.74) is 3.48. The molecule has 1 amide bonds. The molecule has 0 aliphatic carbocycles. The zero-order chi connectivity index (χ0) is 16.9. The van der Waals surface area contributed by atoms with E-state index >= 15 is 0 Å². The first-order valence-electron chi connectivity index (χ1n) is 8.44. The van der Waals surface area contributed by atoms with Gasteiger partial charge in [-0.25, -0.2) is 4.98 Å². The number of benzene rings is 1. The second kappa shape index (κ2) is 7.62. The summed E-state index contributed by atoms with van der Waals surface area (Å²) >= 11 is 1.69. The van der Waals surface area contributed by atoms with Crippen LogP contribution in [0.3, 0.4) is 0 Å². The Bertz CT molecular complexity index is 834. The van der Waals surface area contributed by atoms with Crippen molar-refractivity contribution in [3.8, 4) is 0 Å². The minimum atomic E-state index is 0.112. The number of para-hydroxylation sites is 1. The van der Waals surface area contributed by atoms with Gasteiger partial charge in [0.15, 0.2) is 0 Å². The highest BCUT2D eigenvalue weighted by atomic mass is 32.1. The highest BCUT2D eigenvalue weighted by Gasteiger charge is 2.09. The highest BCUT2D eigenvalue weighted by molar-refractivity contribution is 7.11. The summed E-state index contributed by atoms with van der Waals surface area (Å²) in [7, 11) is 0. The lowest BCUT2D eigenvalue weighted by Gasteiger charge is -2.04. The van der Waals surface area contributed by atoms with Crippen LogP contribution in [0.1, 0.15) is 40.9 Å². The molecule has 0 spiro atoms. The van der Waals surface area contributed by atoms with Crippen LogP contribution < -0.4 is 5.32 Å². The molecule has 2 heterocycles. The molecular weight excluding hydrogens is 318 g/mol. The number of hydrogen-bond acceptors (Lipinski definition) is 3. The molecule has 4 nitrogen and oxygen atoms in total. The van der Waals surface area contributed by atoms with Gasteiger partial charge in [-0.3, -0.25) is 4.79 Å². The van der Waals surface area contributed by atoms with Gasteiger partial charge in [0.25, 0.3) is 0 Å². The zero-order valence-electron chi connectivity index (χ0n) is 14.2. The number of aromatic amines is 1. The summed E-state index contributed by atoms with van der Waals surface area (Å²) < 4.78 is 0. The van der Waals surface area contributed by atoms with Crippen LogP contribution in [0.2, 0.25) is 0 Å². The Labute approximate surface area is 146 Å². The number of carbonyl (C=O) groups is 1. The van der Waals surface area contributed by atoms with E-state index < -0.39 is 0 Å². The first-order chi connectivity index (χ1) is 11.7. The van der Waals surface area contributed by atoms with Crippen LogP contribution in [0.15, 0.2) is 30.5 Å². The van der Waals surface area contributed by atoms with Crippen molar-refractivity contribution in [1.29, 1.82) is 0 Å². The third-order valence-corrected chi connectivity index (χ3v) is 5.51. The van der Waals surface area contributed by atoms with E-state index in [0.717, 1.165) is 40.4 Å². The minimum absolute atomic E-state index is 0.112. The number of hydrogen-bond donors (Lipinski definition) is 2. The van der Waals surface area contributed by atoms with Crippen LogP contribution in [0.5, 0.6) is 0 Å². The van der Waals surface area contributed by atoms with Gasteiger partial charge in [-0.1, -0.05) is 25.1 Å². The van der Waals surface area contributed by atoms with Gasteiger partial charge < -0.3 is 10.3 Å². The lowest BCUT2D eigenvalue weighted by Crippen LogP contribution is -2.22. The fourth-order valence-corrected chi connectivity index (χ4v) is 3.80. The number of H-pyrrole nitrogens is 1. The van der Waals surface area contributed by atoms with Gasteiger partial charge in [-0.15, -0.1) is 11.3 Å². The average Bonchev–Trinajstić information content (AvgIpc) is 3.16. The lowest BCUT2D eigenvalue weighted by atomic mass is 10.1.